The fraction of sp³-hybridized carbons (Fsp3) is 0.875. The third-order valence-corrected chi connectivity index (χ3v) is 2.95. The number of ether oxygens (including phenoxy) is 1. The van der Waals surface area contributed by atoms with Gasteiger partial charge in [-0.25, -0.2) is 0 Å². The van der Waals surface area contributed by atoms with E-state index in [1.54, 1.807) is 0 Å². The molecule has 3 nitrogen and oxygen atoms in total. The van der Waals surface area contributed by atoms with Gasteiger partial charge in [0.15, 0.2) is 0 Å². The highest BCUT2D eigenvalue weighted by Gasteiger charge is 2.52. The number of hydrogen-bond donors (Lipinski definition) is 2. The molecule has 1 atom stereocenters. The summed E-state index contributed by atoms with van der Waals surface area (Å²) in [6.07, 6.45) is 3.36. The molecule has 1 saturated heterocycles. The molecular formula is C8H14N2O. The molecule has 3 N–H and O–H groups in total. The van der Waals surface area contributed by atoms with Crippen molar-refractivity contribution in [1.82, 2.24) is 0 Å². The van der Waals surface area contributed by atoms with E-state index in [9.17, 15) is 0 Å². The molecule has 1 saturated carbocycles. The van der Waals surface area contributed by atoms with Gasteiger partial charge in [0.05, 0.1) is 12.4 Å². The van der Waals surface area contributed by atoms with E-state index in [0.717, 1.165) is 19.6 Å². The maximum atomic E-state index is 7.41. The molecule has 2 rings (SSSR count). The van der Waals surface area contributed by atoms with Gasteiger partial charge in [-0.2, -0.15) is 0 Å². The van der Waals surface area contributed by atoms with E-state index in [4.69, 9.17) is 15.9 Å². The van der Waals surface area contributed by atoms with Crippen LogP contribution in [0.15, 0.2) is 0 Å². The van der Waals surface area contributed by atoms with Crippen LogP contribution in [0, 0.1) is 16.7 Å². The van der Waals surface area contributed by atoms with Crippen LogP contribution in [-0.4, -0.2) is 19.0 Å². The first-order valence-corrected chi connectivity index (χ1v) is 4.16. The van der Waals surface area contributed by atoms with Gasteiger partial charge in [0.1, 0.15) is 0 Å². The zero-order valence-electron chi connectivity index (χ0n) is 6.60. The van der Waals surface area contributed by atoms with Crippen LogP contribution in [0.1, 0.15) is 19.3 Å². The molecule has 0 unspecified atom stereocenters. The minimum absolute atomic E-state index is 0.296. The minimum atomic E-state index is 0.296. The van der Waals surface area contributed by atoms with E-state index < -0.39 is 0 Å². The Hall–Kier alpha value is -0.570. The summed E-state index contributed by atoms with van der Waals surface area (Å²) < 4.78 is 5.38. The van der Waals surface area contributed by atoms with E-state index in [0.29, 0.717) is 17.2 Å². The van der Waals surface area contributed by atoms with Crippen LogP contribution < -0.4 is 5.73 Å². The molecule has 1 aliphatic heterocycles. The van der Waals surface area contributed by atoms with Crippen LogP contribution >= 0.6 is 0 Å². The molecule has 0 bridgehead atoms. The topological polar surface area (TPSA) is 59.1 Å². The molecule has 0 radical (unpaired) electrons. The van der Waals surface area contributed by atoms with Crippen LogP contribution in [0.5, 0.6) is 0 Å². The predicted octanol–water partition coefficient (Wildman–Crippen LogP) is 0.739. The van der Waals surface area contributed by atoms with Crippen molar-refractivity contribution in [3.05, 3.63) is 0 Å². The lowest BCUT2D eigenvalue weighted by atomic mass is 9.84. The Kier molecular flexibility index (Phi) is 1.42. The zero-order valence-corrected chi connectivity index (χ0v) is 6.60. The fourth-order valence-electron chi connectivity index (χ4n) is 2.02. The van der Waals surface area contributed by atoms with Crippen molar-refractivity contribution >= 4 is 5.84 Å². The molecule has 1 spiro atoms. The summed E-state index contributed by atoms with van der Waals surface area (Å²) in [4.78, 5) is 0. The van der Waals surface area contributed by atoms with E-state index in [2.05, 4.69) is 0 Å². The standard InChI is InChI=1S/C8H14N2O/c9-7(10)6-1-4-11-5-8(6)2-3-8/h6H,1-5H2,(H3,9,10)/t6-/m0/s1. The lowest BCUT2D eigenvalue weighted by Gasteiger charge is -2.30. The number of nitrogens with one attached hydrogen (secondary N) is 1. The van der Waals surface area contributed by atoms with E-state index >= 15 is 0 Å². The zero-order chi connectivity index (χ0) is 7.90. The molecule has 62 valence electrons. The van der Waals surface area contributed by atoms with Crippen molar-refractivity contribution in [3.8, 4) is 0 Å². The lowest BCUT2D eigenvalue weighted by molar-refractivity contribution is 0.0237. The molecule has 3 heteroatoms. The third-order valence-electron chi connectivity index (χ3n) is 2.95. The van der Waals surface area contributed by atoms with Gasteiger partial charge >= 0.3 is 0 Å². The first kappa shape index (κ1) is 7.10. The van der Waals surface area contributed by atoms with Crippen molar-refractivity contribution < 1.29 is 4.74 Å². The molecule has 0 aromatic heterocycles. The van der Waals surface area contributed by atoms with Gasteiger partial charge < -0.3 is 10.5 Å². The number of rotatable bonds is 1. The molecular weight excluding hydrogens is 140 g/mol. The van der Waals surface area contributed by atoms with Gasteiger partial charge in [-0.15, -0.1) is 0 Å². The SMILES string of the molecule is N=C(N)[C@@H]1CCOCC12CC2. The summed E-state index contributed by atoms with van der Waals surface area (Å²) in [6.45, 7) is 1.61. The molecule has 11 heavy (non-hydrogen) atoms. The summed E-state index contributed by atoms with van der Waals surface area (Å²) in [5.74, 6) is 0.682. The first-order chi connectivity index (χ1) is 5.25. The second-order valence-corrected chi connectivity index (χ2v) is 3.71. The van der Waals surface area contributed by atoms with Gasteiger partial charge in [-0.3, -0.25) is 5.41 Å². The smallest absolute Gasteiger partial charge is 0.0944 e. The predicted molar refractivity (Wildman–Crippen MR) is 42.5 cm³/mol. The molecule has 0 aromatic carbocycles. The fourth-order valence-corrected chi connectivity index (χ4v) is 2.02. The molecule has 2 aliphatic rings. The second-order valence-electron chi connectivity index (χ2n) is 3.71. The van der Waals surface area contributed by atoms with E-state index in [-0.39, 0.29) is 0 Å². The van der Waals surface area contributed by atoms with Crippen molar-refractivity contribution in [2.24, 2.45) is 17.1 Å². The van der Waals surface area contributed by atoms with Gasteiger partial charge in [-0.1, -0.05) is 0 Å². The monoisotopic (exact) mass is 154 g/mol. The highest BCUT2D eigenvalue weighted by atomic mass is 16.5. The Morgan fingerprint density at radius 2 is 2.27 bits per heavy atom. The van der Waals surface area contributed by atoms with Crippen molar-refractivity contribution in [2.45, 2.75) is 19.3 Å². The Morgan fingerprint density at radius 1 is 1.55 bits per heavy atom. The molecule has 0 aromatic rings. The Bertz CT molecular complexity index is 187. The average Bonchev–Trinajstić information content (AvgIpc) is 2.70. The highest BCUT2D eigenvalue weighted by molar-refractivity contribution is 5.81. The van der Waals surface area contributed by atoms with Crippen LogP contribution in [0.3, 0.4) is 0 Å². The van der Waals surface area contributed by atoms with Gasteiger partial charge in [-0.05, 0) is 19.3 Å². The first-order valence-electron chi connectivity index (χ1n) is 4.16. The van der Waals surface area contributed by atoms with Gasteiger partial charge in [0, 0.05) is 17.9 Å². The van der Waals surface area contributed by atoms with E-state index in [1.165, 1.54) is 12.8 Å². The quantitative estimate of drug-likeness (QED) is 0.432. The molecule has 1 aliphatic carbocycles. The lowest BCUT2D eigenvalue weighted by Crippen LogP contribution is -2.37. The van der Waals surface area contributed by atoms with E-state index in [1.807, 2.05) is 0 Å². The maximum Gasteiger partial charge on any atom is 0.0944 e. The van der Waals surface area contributed by atoms with Gasteiger partial charge in [0.25, 0.3) is 0 Å². The summed E-state index contributed by atoms with van der Waals surface area (Å²) in [6, 6.07) is 0. The number of hydrogen-bond acceptors (Lipinski definition) is 2. The average molecular weight is 154 g/mol. The van der Waals surface area contributed by atoms with Crippen LogP contribution in [0.2, 0.25) is 0 Å². The van der Waals surface area contributed by atoms with Crippen LogP contribution in [-0.2, 0) is 4.74 Å². The second kappa shape index (κ2) is 2.21. The van der Waals surface area contributed by atoms with Crippen LogP contribution in [0.25, 0.3) is 0 Å². The Labute approximate surface area is 66.4 Å². The maximum absolute atomic E-state index is 7.41. The summed E-state index contributed by atoms with van der Waals surface area (Å²) in [5, 5.41) is 7.41. The summed E-state index contributed by atoms with van der Waals surface area (Å²) in [5.41, 5.74) is 5.81. The van der Waals surface area contributed by atoms with Crippen molar-refractivity contribution in [3.63, 3.8) is 0 Å². The number of nitrogens with two attached hydrogens (primary N) is 1. The molecule has 0 amide bonds. The van der Waals surface area contributed by atoms with Gasteiger partial charge in [0.2, 0.25) is 0 Å². The Balaban J connectivity index is 2.10. The summed E-state index contributed by atoms with van der Waals surface area (Å²) in [7, 11) is 0. The number of amidine groups is 1. The highest BCUT2D eigenvalue weighted by Crippen LogP contribution is 2.54. The molecule has 1 heterocycles. The van der Waals surface area contributed by atoms with Crippen molar-refractivity contribution in [2.75, 3.05) is 13.2 Å². The third kappa shape index (κ3) is 1.03. The molecule has 2 fully saturated rings. The summed E-state index contributed by atoms with van der Waals surface area (Å²) >= 11 is 0. The Morgan fingerprint density at radius 3 is 2.73 bits per heavy atom. The van der Waals surface area contributed by atoms with Crippen LogP contribution in [0.4, 0.5) is 0 Å². The van der Waals surface area contributed by atoms with Crippen molar-refractivity contribution in [1.29, 1.82) is 5.41 Å². The largest absolute Gasteiger partial charge is 0.387 e. The minimum Gasteiger partial charge on any atom is -0.387 e. The normalized spacial score (nSPS) is 33.6.